The molecule has 1 N–H and O–H groups in total. The Bertz CT molecular complexity index is 153. The average Bonchev–Trinajstić information content (AvgIpc) is 2.04. The lowest BCUT2D eigenvalue weighted by molar-refractivity contribution is 0.210. The van der Waals surface area contributed by atoms with Crippen LogP contribution in [0.15, 0.2) is 0 Å². The van der Waals surface area contributed by atoms with Gasteiger partial charge in [-0.05, 0) is 27.8 Å². The fourth-order valence-corrected chi connectivity index (χ4v) is 2.34. The molecule has 12 heavy (non-hydrogen) atoms. The minimum Gasteiger partial charge on any atom is -0.308 e. The molecule has 0 spiro atoms. The average molecular weight is 195 g/mol. The van der Waals surface area contributed by atoms with Gasteiger partial charge in [-0.15, -0.1) is 0 Å². The minimum atomic E-state index is -2.92. The van der Waals surface area contributed by atoms with Crippen LogP contribution in [0.25, 0.3) is 0 Å². The summed E-state index contributed by atoms with van der Waals surface area (Å²) < 4.78 is 22.0. The van der Waals surface area contributed by atoms with Gasteiger partial charge in [-0.1, -0.05) is 0 Å². The van der Waals surface area contributed by atoms with Crippen molar-refractivity contribution in [1.29, 1.82) is 0 Å². The molecular formula is C7H18NO3P. The van der Waals surface area contributed by atoms with E-state index in [9.17, 15) is 4.57 Å². The van der Waals surface area contributed by atoms with Gasteiger partial charge in [-0.25, -0.2) is 0 Å². The molecule has 0 aliphatic rings. The molecule has 0 saturated heterocycles. The highest BCUT2D eigenvalue weighted by Gasteiger charge is 2.30. The lowest BCUT2D eigenvalue weighted by Gasteiger charge is -2.22. The molecule has 0 radical (unpaired) electrons. The van der Waals surface area contributed by atoms with E-state index in [4.69, 9.17) is 9.05 Å². The highest BCUT2D eigenvalue weighted by atomic mass is 31.2. The van der Waals surface area contributed by atoms with Crippen LogP contribution >= 0.6 is 7.60 Å². The van der Waals surface area contributed by atoms with Crippen molar-refractivity contribution in [3.8, 4) is 0 Å². The van der Waals surface area contributed by atoms with Crippen LogP contribution in [0.5, 0.6) is 0 Å². The van der Waals surface area contributed by atoms with Crippen molar-refractivity contribution in [2.24, 2.45) is 0 Å². The summed E-state index contributed by atoms with van der Waals surface area (Å²) in [6, 6.07) is 0. The van der Waals surface area contributed by atoms with Crippen molar-refractivity contribution in [2.45, 2.75) is 26.6 Å². The van der Waals surface area contributed by atoms with Crippen LogP contribution in [-0.2, 0) is 13.6 Å². The Kier molecular flexibility index (Phi) is 5.76. The molecule has 0 amide bonds. The molecule has 0 aliphatic heterocycles. The maximum absolute atomic E-state index is 11.8. The number of hydrogen-bond donors (Lipinski definition) is 1. The first-order valence-electron chi connectivity index (χ1n) is 4.16. The van der Waals surface area contributed by atoms with E-state index in [1.54, 1.807) is 27.8 Å². The van der Waals surface area contributed by atoms with Gasteiger partial charge in [0.2, 0.25) is 0 Å². The zero-order valence-corrected chi connectivity index (χ0v) is 9.06. The van der Waals surface area contributed by atoms with E-state index in [0.717, 1.165) is 0 Å². The van der Waals surface area contributed by atoms with E-state index in [1.165, 1.54) is 0 Å². The van der Waals surface area contributed by atoms with Gasteiger partial charge in [0.1, 0.15) is 5.78 Å². The Morgan fingerprint density at radius 1 is 1.33 bits per heavy atom. The van der Waals surface area contributed by atoms with Crippen molar-refractivity contribution in [3.63, 3.8) is 0 Å². The summed E-state index contributed by atoms with van der Waals surface area (Å²) in [5.74, 6) is -0.252. The lowest BCUT2D eigenvalue weighted by Crippen LogP contribution is -2.23. The molecule has 1 unspecified atom stereocenters. The standard InChI is InChI=1S/C7H18NO3P/c1-5-10-12(9,11-6-2)7(3)8-4/h7-8H,5-6H2,1-4H3. The van der Waals surface area contributed by atoms with Crippen LogP contribution in [0.4, 0.5) is 0 Å². The van der Waals surface area contributed by atoms with Gasteiger partial charge in [0.15, 0.2) is 0 Å². The largest absolute Gasteiger partial charge is 0.347 e. The first-order valence-corrected chi connectivity index (χ1v) is 5.78. The second-order valence-electron chi connectivity index (χ2n) is 2.34. The summed E-state index contributed by atoms with van der Waals surface area (Å²) in [4.78, 5) is 0. The molecule has 5 heteroatoms. The molecule has 0 heterocycles. The highest BCUT2D eigenvalue weighted by Crippen LogP contribution is 2.51. The highest BCUT2D eigenvalue weighted by molar-refractivity contribution is 7.54. The molecule has 0 aromatic rings. The second kappa shape index (κ2) is 5.70. The molecule has 0 aliphatic carbocycles. The van der Waals surface area contributed by atoms with Crippen LogP contribution in [0, 0.1) is 0 Å². The zero-order valence-electron chi connectivity index (χ0n) is 8.16. The molecule has 1 atom stereocenters. The third-order valence-corrected chi connectivity index (χ3v) is 3.95. The fourth-order valence-electron chi connectivity index (χ4n) is 0.779. The third kappa shape index (κ3) is 3.23. The quantitative estimate of drug-likeness (QED) is 0.657. The molecule has 0 fully saturated rings. The molecule has 74 valence electrons. The van der Waals surface area contributed by atoms with Crippen molar-refractivity contribution in [1.82, 2.24) is 5.32 Å². The number of nitrogens with one attached hydrogen (secondary N) is 1. The molecule has 0 aromatic carbocycles. The minimum absolute atomic E-state index is 0.252. The van der Waals surface area contributed by atoms with E-state index in [2.05, 4.69) is 5.32 Å². The Labute approximate surface area is 74.2 Å². The topological polar surface area (TPSA) is 47.6 Å². The summed E-state index contributed by atoms with van der Waals surface area (Å²) in [5.41, 5.74) is 0. The molecule has 0 saturated carbocycles. The lowest BCUT2D eigenvalue weighted by atomic mass is 10.8. The van der Waals surface area contributed by atoms with E-state index in [1.807, 2.05) is 0 Å². The van der Waals surface area contributed by atoms with Gasteiger partial charge in [0.25, 0.3) is 0 Å². The van der Waals surface area contributed by atoms with Crippen molar-refractivity contribution < 1.29 is 13.6 Å². The SMILES string of the molecule is CCOP(=O)(OCC)C(C)NC. The summed E-state index contributed by atoms with van der Waals surface area (Å²) >= 11 is 0. The van der Waals surface area contributed by atoms with Crippen LogP contribution in [0.2, 0.25) is 0 Å². The normalized spacial score (nSPS) is 14.7. The van der Waals surface area contributed by atoms with Crippen LogP contribution in [0.1, 0.15) is 20.8 Å². The Morgan fingerprint density at radius 2 is 1.75 bits per heavy atom. The van der Waals surface area contributed by atoms with E-state index in [0.29, 0.717) is 13.2 Å². The Hall–Kier alpha value is 0.110. The molecule has 0 bridgehead atoms. The Morgan fingerprint density at radius 3 is 2.00 bits per heavy atom. The van der Waals surface area contributed by atoms with E-state index >= 15 is 0 Å². The van der Waals surface area contributed by atoms with Gasteiger partial charge < -0.3 is 14.4 Å². The monoisotopic (exact) mass is 195 g/mol. The zero-order chi connectivity index (χ0) is 9.61. The van der Waals surface area contributed by atoms with Crippen molar-refractivity contribution in [3.05, 3.63) is 0 Å². The Balaban J connectivity index is 4.27. The molecular weight excluding hydrogens is 177 g/mol. The summed E-state index contributed by atoms with van der Waals surface area (Å²) in [5, 5.41) is 2.86. The predicted molar refractivity (Wildman–Crippen MR) is 49.4 cm³/mol. The summed E-state index contributed by atoms with van der Waals surface area (Å²) in [6.07, 6.45) is 0. The molecule has 4 nitrogen and oxygen atoms in total. The maximum atomic E-state index is 11.8. The van der Waals surface area contributed by atoms with E-state index < -0.39 is 7.60 Å². The van der Waals surface area contributed by atoms with Crippen molar-refractivity contribution >= 4 is 7.60 Å². The summed E-state index contributed by atoms with van der Waals surface area (Å²) in [7, 11) is -1.19. The first-order chi connectivity index (χ1) is 5.60. The second-order valence-corrected chi connectivity index (χ2v) is 4.71. The van der Waals surface area contributed by atoms with E-state index in [-0.39, 0.29) is 5.78 Å². The van der Waals surface area contributed by atoms with Crippen LogP contribution in [-0.4, -0.2) is 26.0 Å². The smallest absolute Gasteiger partial charge is 0.308 e. The molecule has 0 rings (SSSR count). The van der Waals surface area contributed by atoms with Crippen LogP contribution < -0.4 is 5.32 Å². The van der Waals surface area contributed by atoms with Gasteiger partial charge in [0.05, 0.1) is 13.2 Å². The summed E-state index contributed by atoms with van der Waals surface area (Å²) in [6.45, 7) is 6.20. The van der Waals surface area contributed by atoms with Gasteiger partial charge in [-0.3, -0.25) is 4.57 Å². The van der Waals surface area contributed by atoms with Crippen LogP contribution in [0.3, 0.4) is 0 Å². The number of rotatable bonds is 6. The number of hydrogen-bond acceptors (Lipinski definition) is 4. The van der Waals surface area contributed by atoms with Gasteiger partial charge in [0, 0.05) is 0 Å². The molecule has 0 aromatic heterocycles. The van der Waals surface area contributed by atoms with Gasteiger partial charge in [-0.2, -0.15) is 0 Å². The van der Waals surface area contributed by atoms with Gasteiger partial charge >= 0.3 is 7.60 Å². The third-order valence-electron chi connectivity index (χ3n) is 1.51. The maximum Gasteiger partial charge on any atom is 0.347 e. The van der Waals surface area contributed by atoms with Crippen molar-refractivity contribution in [2.75, 3.05) is 20.3 Å². The predicted octanol–water partition coefficient (Wildman–Crippen LogP) is 1.82. The first kappa shape index (κ1) is 12.1. The fraction of sp³-hybridized carbons (Fsp3) is 1.00.